The molecule has 1 nitrogen and oxygen atoms in total. The second kappa shape index (κ2) is 8.41. The van der Waals surface area contributed by atoms with Crippen molar-refractivity contribution in [3.63, 3.8) is 0 Å². The van der Waals surface area contributed by atoms with Gasteiger partial charge in [0.25, 0.3) is 0 Å². The van der Waals surface area contributed by atoms with Crippen LogP contribution in [0.1, 0.15) is 54.1 Å². The Kier molecular flexibility index (Phi) is 6.21. The summed E-state index contributed by atoms with van der Waals surface area (Å²) in [6, 6.07) is 18.4. The Morgan fingerprint density at radius 2 is 1.48 bits per heavy atom. The first-order valence-electron chi connectivity index (χ1n) is 7.95. The SMILES string of the molecule is CCCCCc1ccc(C(=O)CCc2ccccc2)cc1. The van der Waals surface area contributed by atoms with Crippen molar-refractivity contribution < 1.29 is 4.79 Å². The number of hydrogen-bond donors (Lipinski definition) is 0. The first-order valence-corrected chi connectivity index (χ1v) is 7.95. The van der Waals surface area contributed by atoms with Gasteiger partial charge < -0.3 is 0 Å². The number of carbonyl (C=O) groups excluding carboxylic acids is 1. The van der Waals surface area contributed by atoms with Crippen molar-refractivity contribution in [1.82, 2.24) is 0 Å². The Hall–Kier alpha value is -1.89. The van der Waals surface area contributed by atoms with Gasteiger partial charge in [0.15, 0.2) is 5.78 Å². The molecule has 0 saturated heterocycles. The molecule has 0 radical (unpaired) electrons. The zero-order chi connectivity index (χ0) is 14.9. The van der Waals surface area contributed by atoms with Gasteiger partial charge >= 0.3 is 0 Å². The van der Waals surface area contributed by atoms with Crippen LogP contribution in [0.2, 0.25) is 0 Å². The van der Waals surface area contributed by atoms with Crippen LogP contribution in [0.5, 0.6) is 0 Å². The van der Waals surface area contributed by atoms with Crippen molar-refractivity contribution in [2.45, 2.75) is 45.4 Å². The number of rotatable bonds is 8. The monoisotopic (exact) mass is 280 g/mol. The number of unbranched alkanes of at least 4 members (excludes halogenated alkanes) is 2. The second-order valence-electron chi connectivity index (χ2n) is 5.56. The van der Waals surface area contributed by atoms with Crippen LogP contribution in [0.4, 0.5) is 0 Å². The molecule has 0 aliphatic carbocycles. The van der Waals surface area contributed by atoms with Gasteiger partial charge in [-0.2, -0.15) is 0 Å². The van der Waals surface area contributed by atoms with Gasteiger partial charge in [0.2, 0.25) is 0 Å². The molecule has 2 aromatic carbocycles. The van der Waals surface area contributed by atoms with E-state index in [4.69, 9.17) is 0 Å². The van der Waals surface area contributed by atoms with Crippen molar-refractivity contribution in [2.24, 2.45) is 0 Å². The van der Waals surface area contributed by atoms with Crippen LogP contribution in [-0.4, -0.2) is 5.78 Å². The molecule has 0 unspecified atom stereocenters. The fourth-order valence-electron chi connectivity index (χ4n) is 2.48. The summed E-state index contributed by atoms with van der Waals surface area (Å²) in [5, 5.41) is 0. The molecule has 0 spiro atoms. The highest BCUT2D eigenvalue weighted by Crippen LogP contribution is 2.12. The zero-order valence-corrected chi connectivity index (χ0v) is 12.8. The lowest BCUT2D eigenvalue weighted by Gasteiger charge is -2.04. The molecule has 1 heteroatoms. The van der Waals surface area contributed by atoms with Gasteiger partial charge in [0.1, 0.15) is 0 Å². The van der Waals surface area contributed by atoms with Gasteiger partial charge in [-0.25, -0.2) is 0 Å². The zero-order valence-electron chi connectivity index (χ0n) is 12.8. The standard InChI is InChI=1S/C20H24O/c1-2-3-5-8-18-11-14-19(15-12-18)20(21)16-13-17-9-6-4-7-10-17/h4,6-7,9-12,14-15H,2-3,5,8,13,16H2,1H3. The molecule has 0 amide bonds. The highest BCUT2D eigenvalue weighted by atomic mass is 16.1. The summed E-state index contributed by atoms with van der Waals surface area (Å²) in [6.45, 7) is 2.22. The average Bonchev–Trinajstić information content (AvgIpc) is 2.54. The van der Waals surface area contributed by atoms with E-state index in [1.165, 1.54) is 30.4 Å². The van der Waals surface area contributed by atoms with Crippen LogP contribution < -0.4 is 0 Å². The molecule has 2 rings (SSSR count). The maximum Gasteiger partial charge on any atom is 0.163 e. The van der Waals surface area contributed by atoms with E-state index in [0.717, 1.165) is 18.4 Å². The van der Waals surface area contributed by atoms with Gasteiger partial charge in [-0.15, -0.1) is 0 Å². The maximum absolute atomic E-state index is 12.2. The minimum atomic E-state index is 0.235. The number of aryl methyl sites for hydroxylation is 2. The highest BCUT2D eigenvalue weighted by Gasteiger charge is 2.06. The summed E-state index contributed by atoms with van der Waals surface area (Å²) >= 11 is 0. The lowest BCUT2D eigenvalue weighted by molar-refractivity contribution is 0.0983. The van der Waals surface area contributed by atoms with Crippen LogP contribution >= 0.6 is 0 Å². The lowest BCUT2D eigenvalue weighted by atomic mass is 10.0. The van der Waals surface area contributed by atoms with E-state index in [2.05, 4.69) is 31.2 Å². The minimum Gasteiger partial charge on any atom is -0.294 e. The van der Waals surface area contributed by atoms with Gasteiger partial charge in [0.05, 0.1) is 0 Å². The van der Waals surface area contributed by atoms with E-state index in [1.54, 1.807) is 0 Å². The summed E-state index contributed by atoms with van der Waals surface area (Å²) < 4.78 is 0. The summed E-state index contributed by atoms with van der Waals surface area (Å²) in [6.07, 6.45) is 6.27. The molecule has 2 aromatic rings. The largest absolute Gasteiger partial charge is 0.294 e. The molecule has 21 heavy (non-hydrogen) atoms. The molecule has 0 bridgehead atoms. The third kappa shape index (κ3) is 5.18. The summed E-state index contributed by atoms with van der Waals surface area (Å²) in [4.78, 5) is 12.2. The summed E-state index contributed by atoms with van der Waals surface area (Å²) in [5.74, 6) is 0.235. The number of hydrogen-bond acceptors (Lipinski definition) is 1. The predicted molar refractivity (Wildman–Crippen MR) is 88.8 cm³/mol. The second-order valence-corrected chi connectivity index (χ2v) is 5.56. The molecule has 0 aliphatic rings. The topological polar surface area (TPSA) is 17.1 Å². The lowest BCUT2D eigenvalue weighted by Crippen LogP contribution is -2.01. The Morgan fingerprint density at radius 1 is 0.810 bits per heavy atom. The summed E-state index contributed by atoms with van der Waals surface area (Å²) in [7, 11) is 0. The quantitative estimate of drug-likeness (QED) is 0.477. The highest BCUT2D eigenvalue weighted by molar-refractivity contribution is 5.96. The molecule has 0 fully saturated rings. The number of carbonyl (C=O) groups is 1. The van der Waals surface area contributed by atoms with E-state index in [0.29, 0.717) is 6.42 Å². The van der Waals surface area contributed by atoms with Crippen LogP contribution in [0, 0.1) is 0 Å². The van der Waals surface area contributed by atoms with Crippen molar-refractivity contribution in [1.29, 1.82) is 0 Å². The number of Topliss-reactive ketones (excluding diaryl/α,β-unsaturated/α-hetero) is 1. The first kappa shape index (κ1) is 15.5. The first-order chi connectivity index (χ1) is 10.3. The van der Waals surface area contributed by atoms with E-state index in [-0.39, 0.29) is 5.78 Å². The van der Waals surface area contributed by atoms with E-state index in [1.807, 2.05) is 30.3 Å². The third-order valence-corrected chi connectivity index (χ3v) is 3.83. The third-order valence-electron chi connectivity index (χ3n) is 3.83. The normalized spacial score (nSPS) is 10.5. The van der Waals surface area contributed by atoms with Gasteiger partial charge in [-0.3, -0.25) is 4.79 Å². The Bertz CT molecular complexity index is 540. The molecular weight excluding hydrogens is 256 g/mol. The van der Waals surface area contributed by atoms with Crippen LogP contribution in [0.25, 0.3) is 0 Å². The molecule has 0 saturated carbocycles. The van der Waals surface area contributed by atoms with Gasteiger partial charge in [-0.1, -0.05) is 74.4 Å². The maximum atomic E-state index is 12.2. The Labute approximate surface area is 128 Å². The van der Waals surface area contributed by atoms with Crippen molar-refractivity contribution in [3.8, 4) is 0 Å². The molecule has 0 N–H and O–H groups in total. The summed E-state index contributed by atoms with van der Waals surface area (Å²) in [5.41, 5.74) is 3.40. The van der Waals surface area contributed by atoms with Crippen molar-refractivity contribution in [3.05, 3.63) is 71.3 Å². The smallest absolute Gasteiger partial charge is 0.163 e. The van der Waals surface area contributed by atoms with Crippen LogP contribution in [0.15, 0.2) is 54.6 Å². The molecular formula is C20H24O. The molecule has 0 heterocycles. The van der Waals surface area contributed by atoms with Crippen molar-refractivity contribution in [2.75, 3.05) is 0 Å². The van der Waals surface area contributed by atoms with Crippen molar-refractivity contribution >= 4 is 5.78 Å². The molecule has 0 atom stereocenters. The van der Waals surface area contributed by atoms with E-state index >= 15 is 0 Å². The fourth-order valence-corrected chi connectivity index (χ4v) is 2.48. The molecule has 0 aliphatic heterocycles. The van der Waals surface area contributed by atoms with Gasteiger partial charge in [-0.05, 0) is 30.4 Å². The van der Waals surface area contributed by atoms with Crippen LogP contribution in [0.3, 0.4) is 0 Å². The predicted octanol–water partition coefficient (Wildman–Crippen LogP) is 5.23. The molecule has 0 aromatic heterocycles. The minimum absolute atomic E-state index is 0.235. The Balaban J connectivity index is 1.85. The molecule has 110 valence electrons. The van der Waals surface area contributed by atoms with E-state index in [9.17, 15) is 4.79 Å². The fraction of sp³-hybridized carbons (Fsp3) is 0.350. The van der Waals surface area contributed by atoms with E-state index < -0.39 is 0 Å². The van der Waals surface area contributed by atoms with Crippen LogP contribution in [-0.2, 0) is 12.8 Å². The van der Waals surface area contributed by atoms with Gasteiger partial charge in [0, 0.05) is 12.0 Å². The average molecular weight is 280 g/mol. The Morgan fingerprint density at radius 3 is 2.14 bits per heavy atom. The number of benzene rings is 2. The number of ketones is 1.